The molecule has 2 heterocycles. The van der Waals surface area contributed by atoms with Crippen LogP contribution in [0, 0.1) is 6.92 Å². The largest absolute Gasteiger partial charge is 0.443 e. The topological polar surface area (TPSA) is 80.5 Å². The zero-order chi connectivity index (χ0) is 16.7. The third kappa shape index (κ3) is 4.75. The maximum absolute atomic E-state index is 5.47. The third-order valence-corrected chi connectivity index (χ3v) is 3.62. The molecule has 2 rings (SSSR count). The number of hydrazone groups is 1. The van der Waals surface area contributed by atoms with Crippen LogP contribution in [0.5, 0.6) is 0 Å². The predicted octanol–water partition coefficient (Wildman–Crippen LogP) is 2.51. The van der Waals surface area contributed by atoms with Gasteiger partial charge in [-0.15, -0.1) is 0 Å². The predicted molar refractivity (Wildman–Crippen MR) is 90.9 cm³/mol. The monoisotopic (exact) mass is 313 g/mol. The summed E-state index contributed by atoms with van der Waals surface area (Å²) >= 11 is 0. The molecule has 0 saturated heterocycles. The second-order valence-corrected chi connectivity index (χ2v) is 5.34. The van der Waals surface area contributed by atoms with Crippen molar-refractivity contribution in [2.24, 2.45) is 10.9 Å². The van der Waals surface area contributed by atoms with Crippen LogP contribution in [0.25, 0.3) is 0 Å². The van der Waals surface area contributed by atoms with Gasteiger partial charge in [-0.2, -0.15) is 5.10 Å². The zero-order valence-electron chi connectivity index (χ0n) is 13.9. The molecule has 2 aromatic heterocycles. The smallest absolute Gasteiger partial charge is 0.247 e. The lowest BCUT2D eigenvalue weighted by Crippen LogP contribution is -2.23. The Balaban J connectivity index is 2.02. The summed E-state index contributed by atoms with van der Waals surface area (Å²) in [5, 5.41) is 3.79. The van der Waals surface area contributed by atoms with E-state index >= 15 is 0 Å². The molecule has 0 aliphatic rings. The number of aryl methyl sites for hydroxylation is 1. The molecule has 0 atom stereocenters. The normalized spacial score (nSPS) is 12.9. The summed E-state index contributed by atoms with van der Waals surface area (Å²) in [6.45, 7) is 8.65. The molecule has 0 radical (unpaired) electrons. The van der Waals surface area contributed by atoms with E-state index in [1.54, 1.807) is 6.20 Å². The SMILES string of the molecule is CCN(C/C=C(\C)C(=NN)c1ncco1)Cc1ccc(C)nc1. The van der Waals surface area contributed by atoms with Crippen molar-refractivity contribution in [2.75, 3.05) is 13.1 Å². The quantitative estimate of drug-likeness (QED) is 0.482. The first-order chi connectivity index (χ1) is 11.1. The van der Waals surface area contributed by atoms with Gasteiger partial charge in [0.1, 0.15) is 12.0 Å². The van der Waals surface area contributed by atoms with Crippen molar-refractivity contribution >= 4 is 5.71 Å². The minimum atomic E-state index is 0.437. The molecule has 0 aliphatic carbocycles. The molecule has 0 fully saturated rings. The van der Waals surface area contributed by atoms with Gasteiger partial charge in [0.2, 0.25) is 5.89 Å². The number of allylic oxidation sites excluding steroid dienone is 1. The van der Waals surface area contributed by atoms with Crippen LogP contribution in [-0.4, -0.2) is 33.7 Å². The lowest BCUT2D eigenvalue weighted by Gasteiger charge is -2.19. The molecule has 0 aliphatic heterocycles. The van der Waals surface area contributed by atoms with Gasteiger partial charge in [0.15, 0.2) is 0 Å². The van der Waals surface area contributed by atoms with Crippen LogP contribution in [0.15, 0.2) is 52.0 Å². The number of hydrogen-bond acceptors (Lipinski definition) is 6. The van der Waals surface area contributed by atoms with Gasteiger partial charge in [-0.3, -0.25) is 9.88 Å². The van der Waals surface area contributed by atoms with E-state index in [1.165, 1.54) is 11.8 Å². The van der Waals surface area contributed by atoms with Crippen LogP contribution < -0.4 is 5.84 Å². The van der Waals surface area contributed by atoms with Crippen LogP contribution in [0.3, 0.4) is 0 Å². The van der Waals surface area contributed by atoms with Crippen molar-refractivity contribution in [2.45, 2.75) is 27.3 Å². The third-order valence-electron chi connectivity index (χ3n) is 3.62. The fraction of sp³-hybridized carbons (Fsp3) is 0.353. The summed E-state index contributed by atoms with van der Waals surface area (Å²) in [6, 6.07) is 4.15. The highest BCUT2D eigenvalue weighted by molar-refractivity contribution is 6.09. The maximum atomic E-state index is 5.47. The van der Waals surface area contributed by atoms with Gasteiger partial charge >= 0.3 is 0 Å². The zero-order valence-corrected chi connectivity index (χ0v) is 13.9. The van der Waals surface area contributed by atoms with Crippen LogP contribution in [0.4, 0.5) is 0 Å². The molecular formula is C17H23N5O. The Kier molecular flexibility index (Phi) is 6.05. The molecule has 0 bridgehead atoms. The van der Waals surface area contributed by atoms with E-state index in [1.807, 2.05) is 26.1 Å². The highest BCUT2D eigenvalue weighted by Crippen LogP contribution is 2.09. The number of nitrogens with two attached hydrogens (primary N) is 1. The molecule has 2 aromatic rings. The number of aromatic nitrogens is 2. The van der Waals surface area contributed by atoms with E-state index in [4.69, 9.17) is 10.3 Å². The maximum Gasteiger partial charge on any atom is 0.247 e. The van der Waals surface area contributed by atoms with E-state index in [0.29, 0.717) is 11.6 Å². The molecule has 23 heavy (non-hydrogen) atoms. The van der Waals surface area contributed by atoms with Crippen molar-refractivity contribution < 1.29 is 4.42 Å². The first kappa shape index (κ1) is 16.9. The number of oxazole rings is 1. The van der Waals surface area contributed by atoms with Crippen molar-refractivity contribution in [3.05, 3.63) is 59.6 Å². The van der Waals surface area contributed by atoms with E-state index in [9.17, 15) is 0 Å². The number of nitrogens with zero attached hydrogens (tertiary/aromatic N) is 4. The summed E-state index contributed by atoms with van der Waals surface area (Å²) in [6.07, 6.45) is 7.10. The fourth-order valence-corrected chi connectivity index (χ4v) is 2.18. The number of hydrogen-bond donors (Lipinski definition) is 1. The molecule has 0 amide bonds. The van der Waals surface area contributed by atoms with Crippen molar-refractivity contribution in [3.63, 3.8) is 0 Å². The summed E-state index contributed by atoms with van der Waals surface area (Å²) in [5.41, 5.74) is 3.74. The molecule has 0 unspecified atom stereocenters. The fourth-order valence-electron chi connectivity index (χ4n) is 2.18. The Morgan fingerprint density at radius 2 is 2.22 bits per heavy atom. The van der Waals surface area contributed by atoms with Gasteiger partial charge in [-0.1, -0.05) is 19.1 Å². The lowest BCUT2D eigenvalue weighted by atomic mass is 10.1. The van der Waals surface area contributed by atoms with Crippen molar-refractivity contribution in [1.82, 2.24) is 14.9 Å². The van der Waals surface area contributed by atoms with E-state index in [0.717, 1.165) is 30.9 Å². The number of likely N-dealkylation sites (N-methyl/N-ethyl adjacent to an activating group) is 1. The van der Waals surface area contributed by atoms with Crippen LogP contribution in [0.2, 0.25) is 0 Å². The molecule has 0 spiro atoms. The average Bonchev–Trinajstić information content (AvgIpc) is 3.08. The van der Waals surface area contributed by atoms with Gasteiger partial charge in [-0.05, 0) is 37.6 Å². The highest BCUT2D eigenvalue weighted by atomic mass is 16.3. The Morgan fingerprint density at radius 3 is 2.78 bits per heavy atom. The van der Waals surface area contributed by atoms with E-state index < -0.39 is 0 Å². The van der Waals surface area contributed by atoms with Crippen LogP contribution >= 0.6 is 0 Å². The molecule has 0 saturated carbocycles. The van der Waals surface area contributed by atoms with E-state index in [-0.39, 0.29) is 0 Å². The van der Waals surface area contributed by atoms with Crippen molar-refractivity contribution in [1.29, 1.82) is 0 Å². The Labute approximate surface area is 136 Å². The van der Waals surface area contributed by atoms with Gasteiger partial charge in [0.05, 0.1) is 6.20 Å². The second-order valence-electron chi connectivity index (χ2n) is 5.34. The Hall–Kier alpha value is -2.47. The standard InChI is InChI=1S/C17H23N5O/c1-4-22(12-15-6-5-14(3)20-11-15)9-7-13(2)16(21-18)17-19-8-10-23-17/h5-8,10-11H,4,9,12,18H2,1-3H3/b13-7+,21-16?. The Bertz CT molecular complexity index is 659. The van der Waals surface area contributed by atoms with E-state index in [2.05, 4.69) is 39.0 Å². The molecular weight excluding hydrogens is 290 g/mol. The molecule has 6 nitrogen and oxygen atoms in total. The summed E-state index contributed by atoms with van der Waals surface area (Å²) in [7, 11) is 0. The van der Waals surface area contributed by atoms with Crippen LogP contribution in [0.1, 0.15) is 31.0 Å². The first-order valence-electron chi connectivity index (χ1n) is 7.62. The molecule has 122 valence electrons. The second kappa shape index (κ2) is 8.24. The molecule has 2 N–H and O–H groups in total. The number of rotatable bonds is 7. The van der Waals surface area contributed by atoms with Gasteiger partial charge in [-0.25, -0.2) is 4.98 Å². The lowest BCUT2D eigenvalue weighted by molar-refractivity contribution is 0.310. The summed E-state index contributed by atoms with van der Waals surface area (Å²) in [4.78, 5) is 10.7. The summed E-state index contributed by atoms with van der Waals surface area (Å²) in [5.74, 6) is 5.90. The highest BCUT2D eigenvalue weighted by Gasteiger charge is 2.11. The van der Waals surface area contributed by atoms with Gasteiger partial charge in [0.25, 0.3) is 0 Å². The van der Waals surface area contributed by atoms with Gasteiger partial charge < -0.3 is 10.3 Å². The minimum Gasteiger partial charge on any atom is -0.443 e. The number of pyridine rings is 1. The molecule has 6 heteroatoms. The van der Waals surface area contributed by atoms with Crippen LogP contribution in [-0.2, 0) is 6.54 Å². The Morgan fingerprint density at radius 1 is 1.39 bits per heavy atom. The van der Waals surface area contributed by atoms with Crippen molar-refractivity contribution in [3.8, 4) is 0 Å². The minimum absolute atomic E-state index is 0.437. The molecule has 0 aromatic carbocycles. The summed E-state index contributed by atoms with van der Waals surface area (Å²) < 4.78 is 5.26. The first-order valence-corrected chi connectivity index (χ1v) is 7.62. The average molecular weight is 313 g/mol. The van der Waals surface area contributed by atoms with Gasteiger partial charge in [0, 0.05) is 25.0 Å².